The number of carbonyl (C=O) groups excluding carboxylic acids is 3. The van der Waals surface area contributed by atoms with Gasteiger partial charge >= 0.3 is 11.8 Å². The van der Waals surface area contributed by atoms with Crippen LogP contribution < -0.4 is 16.4 Å². The number of rotatable bonds is 8. The molecule has 0 unspecified atom stereocenters. The molecule has 1 aromatic carbocycles. The molecule has 4 rings (SSSR count). The molecule has 1 aliphatic rings. The van der Waals surface area contributed by atoms with E-state index < -0.39 is 29.2 Å². The standard InChI is InChI=1S/C24H31N7O5/c1-24(2,3)19(22(34)26-12-17-27-23(20(25)32)36-30-17)28-21(33)18-15-6-4-5-7-16(15)31(29-18)13-14-8-10-35-11-9-14/h4-7,14,19H,8-13H2,1-3H3,(H2,25,32)(H,26,34)(H,28,33)/t19-/m1/s1. The van der Waals surface area contributed by atoms with Crippen LogP contribution in [-0.2, 0) is 22.6 Å². The van der Waals surface area contributed by atoms with Crippen molar-refractivity contribution in [1.82, 2.24) is 30.6 Å². The number of primary amides is 1. The number of aromatic nitrogens is 4. The minimum Gasteiger partial charge on any atom is -0.381 e. The number of benzene rings is 1. The van der Waals surface area contributed by atoms with Gasteiger partial charge in [0.1, 0.15) is 6.04 Å². The molecule has 1 aliphatic heterocycles. The summed E-state index contributed by atoms with van der Waals surface area (Å²) in [6, 6.07) is 6.69. The van der Waals surface area contributed by atoms with E-state index in [1.807, 2.05) is 49.7 Å². The molecule has 3 heterocycles. The van der Waals surface area contributed by atoms with Crippen molar-refractivity contribution in [3.8, 4) is 0 Å². The summed E-state index contributed by atoms with van der Waals surface area (Å²) in [6.45, 7) is 7.59. The molecule has 36 heavy (non-hydrogen) atoms. The molecule has 0 saturated carbocycles. The van der Waals surface area contributed by atoms with E-state index in [2.05, 4.69) is 25.9 Å². The summed E-state index contributed by atoms with van der Waals surface area (Å²) < 4.78 is 12.1. The van der Waals surface area contributed by atoms with E-state index in [9.17, 15) is 14.4 Å². The van der Waals surface area contributed by atoms with Crippen LogP contribution in [0, 0.1) is 11.3 Å². The van der Waals surface area contributed by atoms with E-state index in [4.69, 9.17) is 15.0 Å². The zero-order chi connectivity index (χ0) is 25.9. The minimum absolute atomic E-state index is 0.0917. The highest BCUT2D eigenvalue weighted by atomic mass is 16.5. The van der Waals surface area contributed by atoms with Crippen LogP contribution in [0.1, 0.15) is 60.6 Å². The molecule has 192 valence electrons. The van der Waals surface area contributed by atoms with Gasteiger partial charge in [0, 0.05) is 25.1 Å². The number of hydrogen-bond donors (Lipinski definition) is 3. The lowest BCUT2D eigenvalue weighted by Gasteiger charge is -2.30. The third kappa shape index (κ3) is 5.70. The van der Waals surface area contributed by atoms with Crippen molar-refractivity contribution in [3.05, 3.63) is 41.7 Å². The fraction of sp³-hybridized carbons (Fsp3) is 0.500. The Bertz CT molecular complexity index is 1250. The molecule has 1 fully saturated rings. The van der Waals surface area contributed by atoms with Gasteiger partial charge < -0.3 is 25.6 Å². The van der Waals surface area contributed by atoms with Crippen LogP contribution in [0.2, 0.25) is 0 Å². The summed E-state index contributed by atoms with van der Waals surface area (Å²) in [5.41, 5.74) is 5.63. The average molecular weight is 498 g/mol. The molecule has 2 aromatic heterocycles. The summed E-state index contributed by atoms with van der Waals surface area (Å²) in [6.07, 6.45) is 1.90. The van der Waals surface area contributed by atoms with Gasteiger partial charge in [-0.05, 0) is 30.2 Å². The number of hydrogen-bond acceptors (Lipinski definition) is 8. The van der Waals surface area contributed by atoms with E-state index in [0.717, 1.165) is 37.0 Å². The van der Waals surface area contributed by atoms with Crippen LogP contribution in [-0.4, -0.2) is 56.9 Å². The largest absolute Gasteiger partial charge is 0.381 e. The molecule has 4 N–H and O–H groups in total. The summed E-state index contributed by atoms with van der Waals surface area (Å²) >= 11 is 0. The van der Waals surface area contributed by atoms with Crippen molar-refractivity contribution in [2.75, 3.05) is 13.2 Å². The van der Waals surface area contributed by atoms with Crippen LogP contribution in [0.15, 0.2) is 28.8 Å². The molecule has 0 radical (unpaired) electrons. The first kappa shape index (κ1) is 25.3. The summed E-state index contributed by atoms with van der Waals surface area (Å²) in [4.78, 5) is 41.4. The quantitative estimate of drug-likeness (QED) is 0.420. The smallest absolute Gasteiger partial charge is 0.315 e. The Morgan fingerprint density at radius 2 is 1.92 bits per heavy atom. The lowest BCUT2D eigenvalue weighted by atomic mass is 9.86. The Hall–Kier alpha value is -3.80. The molecule has 12 nitrogen and oxygen atoms in total. The highest BCUT2D eigenvalue weighted by molar-refractivity contribution is 6.06. The first-order valence-electron chi connectivity index (χ1n) is 11.9. The van der Waals surface area contributed by atoms with Crippen LogP contribution in [0.5, 0.6) is 0 Å². The summed E-state index contributed by atoms with van der Waals surface area (Å²) in [7, 11) is 0. The topological polar surface area (TPSA) is 167 Å². The van der Waals surface area contributed by atoms with Gasteiger partial charge in [0.05, 0.1) is 12.1 Å². The van der Waals surface area contributed by atoms with Gasteiger partial charge in [-0.2, -0.15) is 10.1 Å². The second-order valence-electron chi connectivity index (χ2n) is 9.97. The Morgan fingerprint density at radius 3 is 2.58 bits per heavy atom. The lowest BCUT2D eigenvalue weighted by molar-refractivity contribution is -0.125. The second kappa shape index (κ2) is 10.4. The number of nitrogens with one attached hydrogen (secondary N) is 2. The minimum atomic E-state index is -0.882. The van der Waals surface area contributed by atoms with Gasteiger partial charge in [-0.1, -0.05) is 44.1 Å². The maximum absolute atomic E-state index is 13.4. The van der Waals surface area contributed by atoms with Crippen molar-refractivity contribution in [2.45, 2.75) is 52.7 Å². The lowest BCUT2D eigenvalue weighted by Crippen LogP contribution is -2.53. The third-order valence-electron chi connectivity index (χ3n) is 6.15. The Balaban J connectivity index is 1.51. The van der Waals surface area contributed by atoms with Gasteiger partial charge in [0.25, 0.3) is 5.91 Å². The first-order valence-corrected chi connectivity index (χ1v) is 11.9. The van der Waals surface area contributed by atoms with Crippen LogP contribution in [0.4, 0.5) is 0 Å². The Kier molecular flexibility index (Phi) is 7.34. The molecule has 1 saturated heterocycles. The molecular weight excluding hydrogens is 466 g/mol. The van der Waals surface area contributed by atoms with Gasteiger partial charge in [-0.15, -0.1) is 0 Å². The molecule has 0 aliphatic carbocycles. The van der Waals surface area contributed by atoms with Crippen molar-refractivity contribution in [1.29, 1.82) is 0 Å². The average Bonchev–Trinajstić information content (AvgIpc) is 3.46. The Morgan fingerprint density at radius 1 is 1.19 bits per heavy atom. The van der Waals surface area contributed by atoms with Crippen molar-refractivity contribution >= 4 is 28.6 Å². The second-order valence-corrected chi connectivity index (χ2v) is 9.97. The predicted octanol–water partition coefficient (Wildman–Crippen LogP) is 1.41. The van der Waals surface area contributed by atoms with E-state index in [1.54, 1.807) is 0 Å². The van der Waals surface area contributed by atoms with Gasteiger partial charge in [-0.3, -0.25) is 19.1 Å². The molecule has 1 atom stereocenters. The monoisotopic (exact) mass is 497 g/mol. The number of nitrogens with two attached hydrogens (primary N) is 1. The summed E-state index contributed by atoms with van der Waals surface area (Å²) in [5, 5.41) is 14.5. The predicted molar refractivity (Wildman–Crippen MR) is 129 cm³/mol. The molecule has 0 spiro atoms. The SMILES string of the molecule is CC(C)(C)[C@H](NC(=O)c1nn(CC2CCOCC2)c2ccccc12)C(=O)NCc1noc(C(N)=O)n1. The van der Waals surface area contributed by atoms with E-state index in [1.165, 1.54) is 0 Å². The number of amides is 3. The zero-order valence-corrected chi connectivity index (χ0v) is 20.6. The highest BCUT2D eigenvalue weighted by Crippen LogP contribution is 2.24. The number of carbonyl (C=O) groups is 3. The van der Waals surface area contributed by atoms with Crippen molar-refractivity contribution in [2.24, 2.45) is 17.1 Å². The molecule has 3 aromatic rings. The fourth-order valence-electron chi connectivity index (χ4n) is 4.18. The molecular formula is C24H31N7O5. The number of nitrogens with zero attached hydrogens (tertiary/aromatic N) is 4. The summed E-state index contributed by atoms with van der Waals surface area (Å²) in [5.74, 6) is -1.57. The van der Waals surface area contributed by atoms with E-state index in [0.29, 0.717) is 12.5 Å². The van der Waals surface area contributed by atoms with Crippen molar-refractivity contribution in [3.63, 3.8) is 0 Å². The number of ether oxygens (including phenoxy) is 1. The number of para-hydroxylation sites is 1. The van der Waals surface area contributed by atoms with E-state index >= 15 is 0 Å². The Labute approximate surface area is 207 Å². The third-order valence-corrected chi connectivity index (χ3v) is 6.15. The fourth-order valence-corrected chi connectivity index (χ4v) is 4.18. The van der Waals surface area contributed by atoms with Gasteiger partial charge in [0.15, 0.2) is 11.5 Å². The van der Waals surface area contributed by atoms with Crippen molar-refractivity contribution < 1.29 is 23.6 Å². The molecule has 12 heteroatoms. The maximum Gasteiger partial charge on any atom is 0.315 e. The number of fused-ring (bicyclic) bond motifs is 1. The van der Waals surface area contributed by atoms with Crippen LogP contribution >= 0.6 is 0 Å². The van der Waals surface area contributed by atoms with Crippen LogP contribution in [0.25, 0.3) is 10.9 Å². The molecule has 3 amide bonds. The van der Waals surface area contributed by atoms with E-state index in [-0.39, 0.29) is 24.0 Å². The first-order chi connectivity index (χ1) is 17.1. The normalized spacial score (nSPS) is 15.5. The molecule has 0 bridgehead atoms. The van der Waals surface area contributed by atoms with Gasteiger partial charge in [0.2, 0.25) is 5.91 Å². The van der Waals surface area contributed by atoms with Crippen LogP contribution in [0.3, 0.4) is 0 Å². The maximum atomic E-state index is 13.4. The zero-order valence-electron chi connectivity index (χ0n) is 20.6. The highest BCUT2D eigenvalue weighted by Gasteiger charge is 2.34. The van der Waals surface area contributed by atoms with Gasteiger partial charge in [-0.25, -0.2) is 0 Å².